The highest BCUT2D eigenvalue weighted by Gasteiger charge is 2.18. The number of aromatic nitrogens is 2. The number of carbonyl (C=O) groups is 1. The lowest BCUT2D eigenvalue weighted by Gasteiger charge is -2.09. The average Bonchev–Trinajstić information content (AvgIpc) is 3.29. The number of benzene rings is 1. The average molecular weight is 333 g/mol. The zero-order chi connectivity index (χ0) is 17.2. The van der Waals surface area contributed by atoms with Gasteiger partial charge in [0, 0.05) is 29.4 Å². The molecule has 0 radical (unpaired) electrons. The molecule has 1 atom stereocenters. The molecule has 3 aromatic heterocycles. The van der Waals surface area contributed by atoms with Crippen molar-refractivity contribution in [2.75, 3.05) is 0 Å². The number of furan rings is 1. The van der Waals surface area contributed by atoms with Gasteiger partial charge in [-0.2, -0.15) is 0 Å². The lowest BCUT2D eigenvalue weighted by atomic mass is 10.2. The van der Waals surface area contributed by atoms with E-state index in [1.807, 2.05) is 43.3 Å². The molecule has 0 aliphatic carbocycles. The number of nitrogens with zero attached hydrogens (tertiary/aromatic N) is 2. The van der Waals surface area contributed by atoms with Gasteiger partial charge < -0.3 is 14.3 Å². The molecule has 0 bridgehead atoms. The number of nitrogens with one attached hydrogen (secondary N) is 1. The summed E-state index contributed by atoms with van der Waals surface area (Å²) in [5, 5.41) is 7.70. The molecule has 0 spiro atoms. The van der Waals surface area contributed by atoms with E-state index >= 15 is 0 Å². The molecule has 4 rings (SSSR count). The molecule has 6 heteroatoms. The van der Waals surface area contributed by atoms with Crippen LogP contribution in [0.2, 0.25) is 0 Å². The summed E-state index contributed by atoms with van der Waals surface area (Å²) in [5.41, 5.74) is 1.76. The SMILES string of the molecule is CC(NC(=O)c1cc(-c2cccnc2)on1)c1cc2ccccc2o1. The van der Waals surface area contributed by atoms with Gasteiger partial charge in [0.05, 0.1) is 6.04 Å². The molecule has 4 aromatic rings. The summed E-state index contributed by atoms with van der Waals surface area (Å²) in [5.74, 6) is 0.854. The third kappa shape index (κ3) is 3.01. The van der Waals surface area contributed by atoms with Gasteiger partial charge in [0.1, 0.15) is 11.3 Å². The molecule has 1 N–H and O–H groups in total. The lowest BCUT2D eigenvalue weighted by Crippen LogP contribution is -2.26. The quantitative estimate of drug-likeness (QED) is 0.611. The number of hydrogen-bond donors (Lipinski definition) is 1. The molecule has 1 unspecified atom stereocenters. The van der Waals surface area contributed by atoms with Gasteiger partial charge in [-0.25, -0.2) is 0 Å². The maximum absolute atomic E-state index is 12.4. The standard InChI is InChI=1S/C19H15N3O3/c1-12(17-9-13-5-2-3-7-16(13)24-17)21-19(23)15-10-18(25-22-15)14-6-4-8-20-11-14/h2-12H,1H3,(H,21,23). The van der Waals surface area contributed by atoms with Crippen molar-refractivity contribution >= 4 is 16.9 Å². The highest BCUT2D eigenvalue weighted by atomic mass is 16.5. The zero-order valence-electron chi connectivity index (χ0n) is 13.5. The van der Waals surface area contributed by atoms with E-state index in [2.05, 4.69) is 15.5 Å². The lowest BCUT2D eigenvalue weighted by molar-refractivity contribution is 0.0926. The number of carbonyl (C=O) groups excluding carboxylic acids is 1. The van der Waals surface area contributed by atoms with Gasteiger partial charge in [0.25, 0.3) is 5.91 Å². The van der Waals surface area contributed by atoms with Crippen molar-refractivity contribution in [1.82, 2.24) is 15.5 Å². The number of amides is 1. The summed E-state index contributed by atoms with van der Waals surface area (Å²) in [6, 6.07) is 14.6. The van der Waals surface area contributed by atoms with Crippen LogP contribution in [-0.4, -0.2) is 16.0 Å². The largest absolute Gasteiger partial charge is 0.459 e. The molecule has 124 valence electrons. The molecule has 3 heterocycles. The second kappa shape index (κ2) is 6.24. The van der Waals surface area contributed by atoms with Crippen LogP contribution in [0.25, 0.3) is 22.3 Å². The van der Waals surface area contributed by atoms with E-state index in [1.165, 1.54) is 0 Å². The molecule has 0 fully saturated rings. The number of fused-ring (bicyclic) bond motifs is 1. The van der Waals surface area contributed by atoms with Crippen LogP contribution in [0.1, 0.15) is 29.2 Å². The van der Waals surface area contributed by atoms with Crippen molar-refractivity contribution < 1.29 is 13.7 Å². The molecule has 25 heavy (non-hydrogen) atoms. The van der Waals surface area contributed by atoms with Gasteiger partial charge in [-0.15, -0.1) is 0 Å². The molecule has 0 aliphatic rings. The van der Waals surface area contributed by atoms with E-state index in [-0.39, 0.29) is 17.6 Å². The minimum Gasteiger partial charge on any atom is -0.459 e. The molecule has 1 amide bonds. The second-order valence-electron chi connectivity index (χ2n) is 5.70. The molecule has 0 aliphatic heterocycles. The minimum atomic E-state index is -0.327. The fourth-order valence-electron chi connectivity index (χ4n) is 2.58. The Kier molecular flexibility index (Phi) is 3.78. The van der Waals surface area contributed by atoms with Gasteiger partial charge >= 0.3 is 0 Å². The summed E-state index contributed by atoms with van der Waals surface area (Å²) in [4.78, 5) is 16.4. The first-order valence-corrected chi connectivity index (χ1v) is 7.87. The third-order valence-corrected chi connectivity index (χ3v) is 3.91. The van der Waals surface area contributed by atoms with E-state index in [9.17, 15) is 4.79 Å². The normalized spacial score (nSPS) is 12.2. The van der Waals surface area contributed by atoms with Crippen LogP contribution in [0.4, 0.5) is 0 Å². The number of para-hydroxylation sites is 1. The summed E-state index contributed by atoms with van der Waals surface area (Å²) in [6.45, 7) is 1.86. The smallest absolute Gasteiger partial charge is 0.274 e. The Morgan fingerprint density at radius 1 is 1.16 bits per heavy atom. The van der Waals surface area contributed by atoms with Crippen molar-refractivity contribution in [3.63, 3.8) is 0 Å². The Morgan fingerprint density at radius 3 is 2.84 bits per heavy atom. The summed E-state index contributed by atoms with van der Waals surface area (Å²) >= 11 is 0. The Labute approximate surface area is 143 Å². The first-order valence-electron chi connectivity index (χ1n) is 7.87. The Hall–Kier alpha value is -3.41. The van der Waals surface area contributed by atoms with Gasteiger partial charge in [0.2, 0.25) is 0 Å². The van der Waals surface area contributed by atoms with Crippen LogP contribution < -0.4 is 5.32 Å². The Balaban J connectivity index is 1.51. The predicted octanol–water partition coefficient (Wildman–Crippen LogP) is 3.97. The van der Waals surface area contributed by atoms with Crippen LogP contribution in [0, 0.1) is 0 Å². The summed E-state index contributed by atoms with van der Waals surface area (Å²) < 4.78 is 11.0. The molecule has 0 saturated carbocycles. The molecule has 1 aromatic carbocycles. The van der Waals surface area contributed by atoms with E-state index in [0.29, 0.717) is 11.5 Å². The summed E-state index contributed by atoms with van der Waals surface area (Å²) in [6.07, 6.45) is 3.32. The number of hydrogen-bond acceptors (Lipinski definition) is 5. The van der Waals surface area contributed by atoms with Crippen LogP contribution in [-0.2, 0) is 0 Å². The van der Waals surface area contributed by atoms with Gasteiger partial charge in [-0.3, -0.25) is 9.78 Å². The fourth-order valence-corrected chi connectivity index (χ4v) is 2.58. The van der Waals surface area contributed by atoms with E-state index < -0.39 is 0 Å². The highest BCUT2D eigenvalue weighted by Crippen LogP contribution is 2.24. The maximum Gasteiger partial charge on any atom is 0.274 e. The molecule has 0 saturated heterocycles. The van der Waals surface area contributed by atoms with Crippen molar-refractivity contribution in [3.8, 4) is 11.3 Å². The van der Waals surface area contributed by atoms with E-state index in [1.54, 1.807) is 24.5 Å². The van der Waals surface area contributed by atoms with E-state index in [4.69, 9.17) is 8.94 Å². The Morgan fingerprint density at radius 2 is 2.04 bits per heavy atom. The van der Waals surface area contributed by atoms with Crippen molar-refractivity contribution in [2.45, 2.75) is 13.0 Å². The van der Waals surface area contributed by atoms with Gasteiger partial charge in [0.15, 0.2) is 11.5 Å². The van der Waals surface area contributed by atoms with E-state index in [0.717, 1.165) is 16.5 Å². The second-order valence-corrected chi connectivity index (χ2v) is 5.70. The van der Waals surface area contributed by atoms with Crippen LogP contribution in [0.15, 0.2) is 69.9 Å². The molecule has 6 nitrogen and oxygen atoms in total. The van der Waals surface area contributed by atoms with Gasteiger partial charge in [-0.1, -0.05) is 23.4 Å². The predicted molar refractivity (Wildman–Crippen MR) is 91.8 cm³/mol. The topological polar surface area (TPSA) is 81.2 Å². The number of pyridine rings is 1. The highest BCUT2D eigenvalue weighted by molar-refractivity contribution is 5.93. The monoisotopic (exact) mass is 333 g/mol. The Bertz CT molecular complexity index is 988. The first kappa shape index (κ1) is 15.1. The number of rotatable bonds is 4. The fraction of sp³-hybridized carbons (Fsp3) is 0.105. The molecular weight excluding hydrogens is 318 g/mol. The van der Waals surface area contributed by atoms with Crippen molar-refractivity contribution in [3.05, 3.63) is 72.4 Å². The van der Waals surface area contributed by atoms with Crippen molar-refractivity contribution in [1.29, 1.82) is 0 Å². The van der Waals surface area contributed by atoms with Crippen LogP contribution in [0.5, 0.6) is 0 Å². The third-order valence-electron chi connectivity index (χ3n) is 3.91. The maximum atomic E-state index is 12.4. The molecular formula is C19H15N3O3. The summed E-state index contributed by atoms with van der Waals surface area (Å²) in [7, 11) is 0. The van der Waals surface area contributed by atoms with Crippen molar-refractivity contribution in [2.24, 2.45) is 0 Å². The van der Waals surface area contributed by atoms with Crippen LogP contribution >= 0.6 is 0 Å². The minimum absolute atomic E-state index is 0.210. The first-order chi connectivity index (χ1) is 12.2. The zero-order valence-corrected chi connectivity index (χ0v) is 13.5. The van der Waals surface area contributed by atoms with Gasteiger partial charge in [-0.05, 0) is 31.2 Å². The van der Waals surface area contributed by atoms with Crippen LogP contribution in [0.3, 0.4) is 0 Å².